The highest BCUT2D eigenvalue weighted by atomic mass is 15.1. The van der Waals surface area contributed by atoms with E-state index in [1.54, 1.807) is 0 Å². The van der Waals surface area contributed by atoms with Gasteiger partial charge >= 0.3 is 0 Å². The predicted octanol–water partition coefficient (Wildman–Crippen LogP) is 6.58. The summed E-state index contributed by atoms with van der Waals surface area (Å²) < 4.78 is 0. The minimum Gasteiger partial charge on any atom is -0.384 e. The second kappa shape index (κ2) is 8.73. The van der Waals surface area contributed by atoms with Gasteiger partial charge in [0.05, 0.1) is 0 Å². The number of fused-ring (bicyclic) bond motifs is 2. The van der Waals surface area contributed by atoms with Gasteiger partial charge in [0.25, 0.3) is 0 Å². The summed E-state index contributed by atoms with van der Waals surface area (Å²) in [6.07, 6.45) is 4.72. The Kier molecular flexibility index (Phi) is 5.50. The smallest absolute Gasteiger partial charge is 0.0419 e. The van der Waals surface area contributed by atoms with Crippen molar-refractivity contribution in [1.29, 1.82) is 0 Å². The molecule has 1 N–H and O–H groups in total. The molecule has 4 aromatic carbocycles. The lowest BCUT2D eigenvalue weighted by molar-refractivity contribution is 0.301. The molecule has 1 aliphatic heterocycles. The Morgan fingerprint density at radius 3 is 2.23 bits per heavy atom. The molecule has 4 aromatic rings. The first-order valence-electron chi connectivity index (χ1n) is 11.0. The highest BCUT2D eigenvalue weighted by molar-refractivity contribution is 5.94. The molecule has 0 unspecified atom stereocenters. The fourth-order valence-electron chi connectivity index (χ4n) is 4.57. The van der Waals surface area contributed by atoms with Crippen LogP contribution in [0.15, 0.2) is 91.0 Å². The first kappa shape index (κ1) is 18.9. The highest BCUT2D eigenvalue weighted by Gasteiger charge is 2.14. The van der Waals surface area contributed by atoms with Crippen molar-refractivity contribution in [3.8, 4) is 0 Å². The molecule has 0 amide bonds. The Morgan fingerprint density at radius 1 is 0.733 bits per heavy atom. The molecule has 2 heteroatoms. The van der Waals surface area contributed by atoms with Gasteiger partial charge < -0.3 is 5.32 Å². The highest BCUT2D eigenvalue weighted by Crippen LogP contribution is 2.29. The van der Waals surface area contributed by atoms with Crippen molar-refractivity contribution in [1.82, 2.24) is 4.90 Å². The van der Waals surface area contributed by atoms with Crippen LogP contribution in [0.2, 0.25) is 0 Å². The molecule has 30 heavy (non-hydrogen) atoms. The molecule has 0 bridgehead atoms. The lowest BCUT2D eigenvalue weighted by Crippen LogP contribution is -2.30. The van der Waals surface area contributed by atoms with Crippen molar-refractivity contribution in [2.24, 2.45) is 0 Å². The monoisotopic (exact) mass is 392 g/mol. The van der Waals surface area contributed by atoms with E-state index in [1.807, 2.05) is 0 Å². The molecule has 0 spiro atoms. The number of nitrogens with zero attached hydrogens (tertiary/aromatic N) is 1. The molecule has 0 saturated carbocycles. The summed E-state index contributed by atoms with van der Waals surface area (Å²) in [5.74, 6) is 0. The number of nitrogens with one attached hydrogen (secondary N) is 1. The summed E-state index contributed by atoms with van der Waals surface area (Å²) >= 11 is 0. The van der Waals surface area contributed by atoms with Gasteiger partial charge in [0.1, 0.15) is 0 Å². The molecule has 0 radical (unpaired) electrons. The van der Waals surface area contributed by atoms with Crippen LogP contribution in [-0.2, 0) is 0 Å². The average Bonchev–Trinajstić information content (AvgIpc) is 2.82. The summed E-state index contributed by atoms with van der Waals surface area (Å²) in [7, 11) is 0. The fraction of sp³-hybridized carbons (Fsp3) is 0.214. The van der Waals surface area contributed by atoms with Gasteiger partial charge in [0, 0.05) is 37.3 Å². The van der Waals surface area contributed by atoms with E-state index in [0.717, 1.165) is 39.0 Å². The average molecular weight is 393 g/mol. The summed E-state index contributed by atoms with van der Waals surface area (Å²) in [4.78, 5) is 2.57. The second-order valence-corrected chi connectivity index (χ2v) is 8.11. The standard InChI is InChI=1S/C28H28N2/c1-3-12-25-22(8-1)10-5-14-26(25)24-16-20-30(21-17-24)19-7-18-29-28-15-6-11-23-9-2-4-13-27(23)28/h1-6,8-16,29H,7,17-21H2. The summed E-state index contributed by atoms with van der Waals surface area (Å²) in [6.45, 7) is 4.33. The molecule has 150 valence electrons. The SMILES string of the molecule is C1=C(c2cccc3ccccc23)CCN(CCCNc2cccc3ccccc23)C1. The van der Waals surface area contributed by atoms with Crippen LogP contribution in [0.5, 0.6) is 0 Å². The third-order valence-electron chi connectivity index (χ3n) is 6.19. The van der Waals surface area contributed by atoms with Gasteiger partial charge in [-0.1, -0.05) is 84.9 Å². The van der Waals surface area contributed by atoms with E-state index in [0.29, 0.717) is 0 Å². The number of hydrogen-bond acceptors (Lipinski definition) is 2. The number of benzene rings is 4. The van der Waals surface area contributed by atoms with Gasteiger partial charge in [-0.05, 0) is 46.2 Å². The van der Waals surface area contributed by atoms with Crippen LogP contribution in [-0.4, -0.2) is 31.1 Å². The first-order valence-corrected chi connectivity index (χ1v) is 11.0. The molecule has 0 aromatic heterocycles. The molecule has 1 heterocycles. The van der Waals surface area contributed by atoms with Crippen molar-refractivity contribution < 1.29 is 0 Å². The van der Waals surface area contributed by atoms with E-state index < -0.39 is 0 Å². The van der Waals surface area contributed by atoms with Crippen LogP contribution in [0.4, 0.5) is 5.69 Å². The normalized spacial score (nSPS) is 14.7. The van der Waals surface area contributed by atoms with Crippen LogP contribution >= 0.6 is 0 Å². The fourth-order valence-corrected chi connectivity index (χ4v) is 4.57. The molecule has 0 atom stereocenters. The largest absolute Gasteiger partial charge is 0.384 e. The quantitative estimate of drug-likeness (QED) is 0.373. The third kappa shape index (κ3) is 3.96. The lowest BCUT2D eigenvalue weighted by Gasteiger charge is -2.27. The van der Waals surface area contributed by atoms with Crippen LogP contribution in [0.25, 0.3) is 27.1 Å². The Bertz CT molecular complexity index is 1180. The number of hydrogen-bond donors (Lipinski definition) is 1. The molecule has 2 nitrogen and oxygen atoms in total. The van der Waals surface area contributed by atoms with Gasteiger partial charge in [-0.15, -0.1) is 0 Å². The van der Waals surface area contributed by atoms with Gasteiger partial charge in [0.15, 0.2) is 0 Å². The zero-order chi connectivity index (χ0) is 20.2. The summed E-state index contributed by atoms with van der Waals surface area (Å²) in [5.41, 5.74) is 4.15. The first-order chi connectivity index (χ1) is 14.9. The van der Waals surface area contributed by atoms with Gasteiger partial charge in [-0.25, -0.2) is 0 Å². The minimum atomic E-state index is 1.00. The van der Waals surface area contributed by atoms with E-state index >= 15 is 0 Å². The molecule has 0 saturated heterocycles. The molecule has 1 aliphatic rings. The van der Waals surface area contributed by atoms with E-state index in [4.69, 9.17) is 0 Å². The molecular weight excluding hydrogens is 364 g/mol. The van der Waals surface area contributed by atoms with Gasteiger partial charge in [-0.3, -0.25) is 4.90 Å². The summed E-state index contributed by atoms with van der Waals surface area (Å²) in [5, 5.41) is 8.95. The molecular formula is C28H28N2. The molecule has 0 aliphatic carbocycles. The maximum absolute atomic E-state index is 3.64. The van der Waals surface area contributed by atoms with Crippen LogP contribution in [0.3, 0.4) is 0 Å². The van der Waals surface area contributed by atoms with Crippen LogP contribution in [0, 0.1) is 0 Å². The maximum atomic E-state index is 3.64. The van der Waals surface area contributed by atoms with E-state index in [-0.39, 0.29) is 0 Å². The Balaban J connectivity index is 1.17. The Labute approximate surface area is 178 Å². The molecule has 5 rings (SSSR count). The zero-order valence-corrected chi connectivity index (χ0v) is 17.4. The van der Waals surface area contributed by atoms with Gasteiger partial charge in [0.2, 0.25) is 0 Å². The maximum Gasteiger partial charge on any atom is 0.0419 e. The van der Waals surface area contributed by atoms with Crippen molar-refractivity contribution in [2.45, 2.75) is 12.8 Å². The minimum absolute atomic E-state index is 1.00. The zero-order valence-electron chi connectivity index (χ0n) is 17.4. The lowest BCUT2D eigenvalue weighted by atomic mass is 9.94. The summed E-state index contributed by atoms with van der Waals surface area (Å²) in [6, 6.07) is 30.5. The third-order valence-corrected chi connectivity index (χ3v) is 6.19. The Hall–Kier alpha value is -3.10. The number of rotatable bonds is 6. The van der Waals surface area contributed by atoms with Gasteiger partial charge in [-0.2, -0.15) is 0 Å². The van der Waals surface area contributed by atoms with Crippen molar-refractivity contribution in [3.05, 3.63) is 96.6 Å². The molecule has 0 fully saturated rings. The van der Waals surface area contributed by atoms with E-state index in [1.165, 1.54) is 38.4 Å². The van der Waals surface area contributed by atoms with E-state index in [9.17, 15) is 0 Å². The second-order valence-electron chi connectivity index (χ2n) is 8.11. The predicted molar refractivity (Wildman–Crippen MR) is 130 cm³/mol. The van der Waals surface area contributed by atoms with Crippen molar-refractivity contribution in [2.75, 3.05) is 31.5 Å². The van der Waals surface area contributed by atoms with E-state index in [2.05, 4.69) is 101 Å². The number of anilines is 1. The Morgan fingerprint density at radius 2 is 1.43 bits per heavy atom. The van der Waals surface area contributed by atoms with Crippen molar-refractivity contribution in [3.63, 3.8) is 0 Å². The van der Waals surface area contributed by atoms with Crippen LogP contribution < -0.4 is 5.32 Å². The van der Waals surface area contributed by atoms with Crippen LogP contribution in [0.1, 0.15) is 18.4 Å². The van der Waals surface area contributed by atoms with Crippen molar-refractivity contribution >= 4 is 32.8 Å². The topological polar surface area (TPSA) is 15.3 Å².